The molecule has 1 unspecified atom stereocenters. The Balaban J connectivity index is 2.32. The molecule has 0 spiro atoms. The summed E-state index contributed by atoms with van der Waals surface area (Å²) < 4.78 is 15.4. The molecule has 0 amide bonds. The van der Waals surface area contributed by atoms with Gasteiger partial charge in [0, 0.05) is 7.11 Å². The molecule has 78 valence electrons. The number of methoxy groups -OCH3 is 1. The van der Waals surface area contributed by atoms with Gasteiger partial charge in [-0.3, -0.25) is 0 Å². The lowest BCUT2D eigenvalue weighted by molar-refractivity contribution is 0.0260. The fourth-order valence-electron chi connectivity index (χ4n) is 0.786. The van der Waals surface area contributed by atoms with Gasteiger partial charge in [0.05, 0.1) is 7.11 Å². The van der Waals surface area contributed by atoms with Gasteiger partial charge in [0.2, 0.25) is 0 Å². The van der Waals surface area contributed by atoms with Gasteiger partial charge in [-0.15, -0.1) is 0 Å². The standard InChI is InChI=1S/C9H12O3S2/c1-10-9(14-11-2)12-13-8-6-4-3-5-7-8/h3-7,9H,1-2H3/p+2. The van der Waals surface area contributed by atoms with Crippen molar-refractivity contribution in [2.24, 2.45) is 0 Å². The summed E-state index contributed by atoms with van der Waals surface area (Å²) in [6.07, 6.45) is 0. The third-order valence-electron chi connectivity index (χ3n) is 1.40. The minimum absolute atomic E-state index is 0.332. The lowest BCUT2D eigenvalue weighted by Crippen LogP contribution is -2.17. The SMILES string of the molecule is CO[SH+]C(OC)O[SH+]c1ccccc1. The van der Waals surface area contributed by atoms with E-state index in [4.69, 9.17) is 13.1 Å². The van der Waals surface area contributed by atoms with Crippen molar-refractivity contribution in [3.63, 3.8) is 0 Å². The Morgan fingerprint density at radius 1 is 1.14 bits per heavy atom. The molecule has 0 aromatic heterocycles. The molecule has 1 atom stereocenters. The summed E-state index contributed by atoms with van der Waals surface area (Å²) in [7, 11) is 3.20. The van der Waals surface area contributed by atoms with Crippen molar-refractivity contribution in [2.45, 2.75) is 10.5 Å². The molecular weight excluding hydrogens is 220 g/mol. The monoisotopic (exact) mass is 234 g/mol. The highest BCUT2D eigenvalue weighted by molar-refractivity contribution is 7.76. The van der Waals surface area contributed by atoms with Gasteiger partial charge < -0.3 is 4.74 Å². The molecule has 3 nitrogen and oxygen atoms in total. The third kappa shape index (κ3) is 4.34. The number of thiol groups is 2. The van der Waals surface area contributed by atoms with Crippen molar-refractivity contribution < 1.29 is 13.1 Å². The molecule has 0 heterocycles. The molecule has 0 aliphatic rings. The number of ether oxygens (including phenoxy) is 1. The predicted octanol–water partition coefficient (Wildman–Crippen LogP) is 1.10. The van der Waals surface area contributed by atoms with Gasteiger partial charge in [0.15, 0.2) is 29.0 Å². The van der Waals surface area contributed by atoms with Crippen LogP contribution in [0.5, 0.6) is 0 Å². The van der Waals surface area contributed by atoms with Crippen molar-refractivity contribution in [1.82, 2.24) is 0 Å². The van der Waals surface area contributed by atoms with E-state index < -0.39 is 0 Å². The molecule has 5 heteroatoms. The van der Waals surface area contributed by atoms with E-state index in [0.717, 1.165) is 16.9 Å². The fraction of sp³-hybridized carbons (Fsp3) is 0.333. The molecular formula is C9H14O3S2+2. The van der Waals surface area contributed by atoms with Crippen LogP contribution >= 0.6 is 0 Å². The van der Waals surface area contributed by atoms with Crippen molar-refractivity contribution in [1.29, 1.82) is 0 Å². The van der Waals surface area contributed by atoms with Crippen LogP contribution in [0.15, 0.2) is 35.2 Å². The largest absolute Gasteiger partial charge is 0.404 e. The maximum absolute atomic E-state index is 5.43. The lowest BCUT2D eigenvalue weighted by atomic mass is 10.4. The average Bonchev–Trinajstić information content (AvgIpc) is 2.25. The van der Waals surface area contributed by atoms with E-state index in [-0.39, 0.29) is 5.62 Å². The first-order chi connectivity index (χ1) is 6.86. The summed E-state index contributed by atoms with van der Waals surface area (Å²) in [5.74, 6) is 0. The van der Waals surface area contributed by atoms with Gasteiger partial charge >= 0.3 is 5.62 Å². The van der Waals surface area contributed by atoms with Crippen LogP contribution in [0.1, 0.15) is 0 Å². The number of hydrogen-bond acceptors (Lipinski definition) is 3. The summed E-state index contributed by atoms with van der Waals surface area (Å²) in [6, 6.07) is 9.92. The first kappa shape index (κ1) is 11.9. The number of benzene rings is 1. The smallest absolute Gasteiger partial charge is 0.309 e. The molecule has 1 aromatic rings. The van der Waals surface area contributed by atoms with Crippen molar-refractivity contribution in [2.75, 3.05) is 14.2 Å². The zero-order chi connectivity index (χ0) is 10.2. The third-order valence-corrected chi connectivity index (χ3v) is 3.07. The van der Waals surface area contributed by atoms with Crippen molar-refractivity contribution >= 4 is 24.1 Å². The Morgan fingerprint density at radius 2 is 1.86 bits per heavy atom. The van der Waals surface area contributed by atoms with Crippen LogP contribution in [0.25, 0.3) is 0 Å². The highest BCUT2D eigenvalue weighted by Gasteiger charge is 2.22. The Morgan fingerprint density at radius 3 is 2.43 bits per heavy atom. The summed E-state index contributed by atoms with van der Waals surface area (Å²) in [4.78, 5) is 1.10. The summed E-state index contributed by atoms with van der Waals surface area (Å²) in [5, 5.41) is 0. The van der Waals surface area contributed by atoms with Crippen LogP contribution in [0.4, 0.5) is 0 Å². The van der Waals surface area contributed by atoms with Crippen LogP contribution in [0.3, 0.4) is 0 Å². The molecule has 0 bridgehead atoms. The molecule has 14 heavy (non-hydrogen) atoms. The second-order valence-electron chi connectivity index (χ2n) is 2.36. The van der Waals surface area contributed by atoms with E-state index in [9.17, 15) is 0 Å². The van der Waals surface area contributed by atoms with E-state index in [1.54, 1.807) is 14.2 Å². The normalized spacial score (nSPS) is 12.7. The Bertz CT molecular complexity index is 243. The summed E-state index contributed by atoms with van der Waals surface area (Å²) in [5.41, 5.74) is -0.332. The van der Waals surface area contributed by atoms with Gasteiger partial charge in [-0.25, -0.2) is 0 Å². The van der Waals surface area contributed by atoms with Gasteiger partial charge in [-0.05, 0) is 12.1 Å². The summed E-state index contributed by atoms with van der Waals surface area (Å²) >= 11 is 1.46. The zero-order valence-electron chi connectivity index (χ0n) is 8.08. The second-order valence-corrected chi connectivity index (χ2v) is 4.27. The highest BCUT2D eigenvalue weighted by Crippen LogP contribution is 2.06. The van der Waals surface area contributed by atoms with Crippen LogP contribution in [-0.2, 0) is 37.2 Å². The topological polar surface area (TPSA) is 27.7 Å². The highest BCUT2D eigenvalue weighted by atomic mass is 32.2. The Kier molecular flexibility index (Phi) is 6.05. The molecule has 0 fully saturated rings. The first-order valence-electron chi connectivity index (χ1n) is 4.05. The van der Waals surface area contributed by atoms with Crippen molar-refractivity contribution in [3.05, 3.63) is 30.3 Å². The first-order valence-corrected chi connectivity index (χ1v) is 5.74. The summed E-state index contributed by atoms with van der Waals surface area (Å²) in [6.45, 7) is 0. The van der Waals surface area contributed by atoms with E-state index in [1.165, 1.54) is 0 Å². The average molecular weight is 234 g/mol. The molecule has 0 aliphatic heterocycles. The molecule has 1 aromatic carbocycles. The van der Waals surface area contributed by atoms with Crippen LogP contribution in [0, 0.1) is 0 Å². The quantitative estimate of drug-likeness (QED) is 0.419. The molecule has 0 saturated heterocycles. The molecule has 0 N–H and O–H groups in total. The Hall–Kier alpha value is -0.200. The van der Waals surface area contributed by atoms with E-state index in [1.807, 2.05) is 30.3 Å². The molecule has 0 radical (unpaired) electrons. The van der Waals surface area contributed by atoms with Crippen LogP contribution in [0.2, 0.25) is 0 Å². The second kappa shape index (κ2) is 7.14. The number of hydrogen-bond donors (Lipinski definition) is 0. The van der Waals surface area contributed by atoms with Crippen LogP contribution in [-0.4, -0.2) is 19.8 Å². The molecule has 1 rings (SSSR count). The van der Waals surface area contributed by atoms with Crippen molar-refractivity contribution in [3.8, 4) is 0 Å². The van der Waals surface area contributed by atoms with Crippen LogP contribution < -0.4 is 0 Å². The van der Waals surface area contributed by atoms with E-state index >= 15 is 0 Å². The minimum atomic E-state index is -0.332. The fourth-order valence-corrected chi connectivity index (χ4v) is 1.93. The van der Waals surface area contributed by atoms with Gasteiger partial charge in [0.1, 0.15) is 0 Å². The maximum atomic E-state index is 5.43. The van der Waals surface area contributed by atoms with E-state index in [2.05, 4.69) is 0 Å². The predicted molar refractivity (Wildman–Crippen MR) is 61.1 cm³/mol. The van der Waals surface area contributed by atoms with Gasteiger partial charge in [-0.1, -0.05) is 22.4 Å². The number of rotatable bonds is 6. The van der Waals surface area contributed by atoms with Gasteiger partial charge in [-0.2, -0.15) is 4.18 Å². The molecule has 0 saturated carbocycles. The zero-order valence-corrected chi connectivity index (χ0v) is 9.87. The van der Waals surface area contributed by atoms with E-state index in [0.29, 0.717) is 12.0 Å². The lowest BCUT2D eigenvalue weighted by Gasteiger charge is -1.99. The molecule has 0 aliphatic carbocycles. The Labute approximate surface area is 92.5 Å². The maximum Gasteiger partial charge on any atom is 0.404 e. The van der Waals surface area contributed by atoms with Gasteiger partial charge in [0.25, 0.3) is 0 Å². The minimum Gasteiger partial charge on any atom is -0.309 e.